The highest BCUT2D eigenvalue weighted by atomic mass is 32.1. The van der Waals surface area contributed by atoms with E-state index in [0.29, 0.717) is 16.8 Å². The van der Waals surface area contributed by atoms with Crippen LogP contribution in [0, 0.1) is 0 Å². The maximum atomic E-state index is 12.2. The number of nitrogens with zero attached hydrogens (tertiary/aromatic N) is 1. The smallest absolute Gasteiger partial charge is 0.260 e. The minimum absolute atomic E-state index is 0.190. The van der Waals surface area contributed by atoms with Crippen molar-refractivity contribution >= 4 is 49.9 Å². The Labute approximate surface area is 155 Å². The van der Waals surface area contributed by atoms with Crippen LogP contribution in [-0.4, -0.2) is 41.3 Å². The molecule has 1 aliphatic rings. The third-order valence-electron chi connectivity index (χ3n) is 3.84. The summed E-state index contributed by atoms with van der Waals surface area (Å²) in [6.07, 6.45) is 2.30. The summed E-state index contributed by atoms with van der Waals surface area (Å²) < 4.78 is 6.58. The van der Waals surface area contributed by atoms with Gasteiger partial charge >= 0.3 is 0 Å². The molecule has 4 N–H and O–H groups in total. The number of carbonyl (C=O) groups is 1. The zero-order valence-corrected chi connectivity index (χ0v) is 15.5. The van der Waals surface area contributed by atoms with Gasteiger partial charge in [0.2, 0.25) is 0 Å². The normalized spacial score (nSPS) is 17.9. The second kappa shape index (κ2) is 8.41. The maximum Gasteiger partial charge on any atom is 0.260 e. The minimum atomic E-state index is -0.450. The zero-order chi connectivity index (χ0) is 17.6. The summed E-state index contributed by atoms with van der Waals surface area (Å²) in [4.78, 5) is 16.6. The SMILES string of the molecule is C[C@H](Nc1nc2ccccc2s1)C(=O)NNC(=S)NC[C@H]1CCCO1. The predicted octanol–water partition coefficient (Wildman–Crippen LogP) is 1.77. The summed E-state index contributed by atoms with van der Waals surface area (Å²) in [6.45, 7) is 3.21. The molecule has 1 fully saturated rings. The number of aromatic nitrogens is 1. The van der Waals surface area contributed by atoms with E-state index in [9.17, 15) is 4.79 Å². The van der Waals surface area contributed by atoms with Gasteiger partial charge in [-0.15, -0.1) is 0 Å². The lowest BCUT2D eigenvalue weighted by atomic mass is 10.2. The van der Waals surface area contributed by atoms with Gasteiger partial charge in [0.1, 0.15) is 6.04 Å². The lowest BCUT2D eigenvalue weighted by Gasteiger charge is -2.17. The number of benzene rings is 1. The molecule has 134 valence electrons. The highest BCUT2D eigenvalue weighted by Crippen LogP contribution is 2.25. The van der Waals surface area contributed by atoms with E-state index in [0.717, 1.165) is 29.7 Å². The van der Waals surface area contributed by atoms with Crippen LogP contribution in [0.2, 0.25) is 0 Å². The van der Waals surface area contributed by atoms with E-state index < -0.39 is 6.04 Å². The molecule has 25 heavy (non-hydrogen) atoms. The Morgan fingerprint density at radius 1 is 1.44 bits per heavy atom. The first kappa shape index (κ1) is 17.8. The van der Waals surface area contributed by atoms with Gasteiger partial charge in [-0.3, -0.25) is 15.6 Å². The van der Waals surface area contributed by atoms with Crippen molar-refractivity contribution in [3.63, 3.8) is 0 Å². The highest BCUT2D eigenvalue weighted by Gasteiger charge is 2.17. The number of thiazole rings is 1. The molecule has 1 aromatic heterocycles. The van der Waals surface area contributed by atoms with Crippen molar-refractivity contribution in [1.29, 1.82) is 0 Å². The Kier molecular flexibility index (Phi) is 6.00. The maximum absolute atomic E-state index is 12.2. The molecule has 0 bridgehead atoms. The number of thiocarbonyl (C=S) groups is 1. The number of nitrogens with one attached hydrogen (secondary N) is 4. The summed E-state index contributed by atoms with van der Waals surface area (Å²) in [5, 5.41) is 7.22. The molecule has 0 saturated carbocycles. The second-order valence-corrected chi connectivity index (χ2v) is 7.25. The van der Waals surface area contributed by atoms with Crippen molar-refractivity contribution < 1.29 is 9.53 Å². The van der Waals surface area contributed by atoms with Crippen LogP contribution >= 0.6 is 23.6 Å². The molecule has 0 unspecified atom stereocenters. The molecule has 0 aliphatic carbocycles. The van der Waals surface area contributed by atoms with Crippen molar-refractivity contribution in [3.8, 4) is 0 Å². The van der Waals surface area contributed by atoms with E-state index in [1.54, 1.807) is 6.92 Å². The standard InChI is InChI=1S/C16H21N5O2S2/c1-10(18-16-19-12-6-2-3-7-13(12)25-16)14(22)20-21-15(24)17-9-11-5-4-8-23-11/h2-3,6-7,10-11H,4-5,8-9H2,1H3,(H,18,19)(H,20,22)(H2,17,21,24)/t10-,11+/m0/s1. The Morgan fingerprint density at radius 2 is 2.28 bits per heavy atom. The van der Waals surface area contributed by atoms with Crippen LogP contribution in [0.4, 0.5) is 5.13 Å². The molecule has 7 nitrogen and oxygen atoms in total. The van der Waals surface area contributed by atoms with Crippen LogP contribution < -0.4 is 21.5 Å². The average molecular weight is 380 g/mol. The monoisotopic (exact) mass is 379 g/mol. The summed E-state index contributed by atoms with van der Waals surface area (Å²) in [7, 11) is 0. The molecule has 0 spiro atoms. The first-order chi connectivity index (χ1) is 12.1. The van der Waals surface area contributed by atoms with Crippen molar-refractivity contribution in [2.45, 2.75) is 31.9 Å². The summed E-state index contributed by atoms with van der Waals surface area (Å²) >= 11 is 6.66. The largest absolute Gasteiger partial charge is 0.376 e. The molecule has 1 aliphatic heterocycles. The number of rotatable bonds is 5. The second-order valence-electron chi connectivity index (χ2n) is 5.81. The fraction of sp³-hybridized carbons (Fsp3) is 0.438. The number of carbonyl (C=O) groups excluding carboxylic acids is 1. The van der Waals surface area contributed by atoms with Crippen LogP contribution in [-0.2, 0) is 9.53 Å². The molecule has 3 rings (SSSR count). The van der Waals surface area contributed by atoms with Crippen molar-refractivity contribution in [3.05, 3.63) is 24.3 Å². The number of amides is 1. The Hall–Kier alpha value is -1.97. The molecule has 1 aromatic carbocycles. The molecule has 2 aromatic rings. The molecular weight excluding hydrogens is 358 g/mol. The highest BCUT2D eigenvalue weighted by molar-refractivity contribution is 7.80. The number of anilines is 1. The van der Waals surface area contributed by atoms with E-state index >= 15 is 0 Å². The van der Waals surface area contributed by atoms with E-state index in [1.165, 1.54) is 11.3 Å². The quantitative estimate of drug-likeness (QED) is 0.465. The topological polar surface area (TPSA) is 87.3 Å². The van der Waals surface area contributed by atoms with Gasteiger partial charge in [0.25, 0.3) is 5.91 Å². The Balaban J connectivity index is 1.41. The Bertz CT molecular complexity index is 712. The lowest BCUT2D eigenvalue weighted by Crippen LogP contribution is -2.51. The zero-order valence-electron chi connectivity index (χ0n) is 13.9. The molecule has 0 radical (unpaired) electrons. The fourth-order valence-electron chi connectivity index (χ4n) is 2.47. The van der Waals surface area contributed by atoms with Gasteiger partial charge in [-0.1, -0.05) is 23.5 Å². The van der Waals surface area contributed by atoms with Crippen molar-refractivity contribution in [2.75, 3.05) is 18.5 Å². The predicted molar refractivity (Wildman–Crippen MR) is 104 cm³/mol. The third kappa shape index (κ3) is 5.00. The van der Waals surface area contributed by atoms with Crippen LogP contribution in [0.25, 0.3) is 10.2 Å². The first-order valence-electron chi connectivity index (χ1n) is 8.19. The van der Waals surface area contributed by atoms with Gasteiger partial charge in [0, 0.05) is 13.2 Å². The number of hydrogen-bond donors (Lipinski definition) is 4. The number of hydrogen-bond acceptors (Lipinski definition) is 6. The summed E-state index contributed by atoms with van der Waals surface area (Å²) in [5.74, 6) is -0.222. The molecule has 9 heteroatoms. The number of para-hydroxylation sites is 1. The van der Waals surface area contributed by atoms with E-state index in [1.807, 2.05) is 24.3 Å². The molecule has 2 heterocycles. The minimum Gasteiger partial charge on any atom is -0.376 e. The van der Waals surface area contributed by atoms with E-state index in [2.05, 4.69) is 26.5 Å². The van der Waals surface area contributed by atoms with Gasteiger partial charge < -0.3 is 15.4 Å². The van der Waals surface area contributed by atoms with Crippen LogP contribution in [0.5, 0.6) is 0 Å². The molecular formula is C16H21N5O2S2. The van der Waals surface area contributed by atoms with Crippen LogP contribution in [0.3, 0.4) is 0 Å². The summed E-state index contributed by atoms with van der Waals surface area (Å²) in [5.41, 5.74) is 6.22. The Morgan fingerprint density at radius 3 is 3.04 bits per heavy atom. The van der Waals surface area contributed by atoms with Gasteiger partial charge in [-0.25, -0.2) is 4.98 Å². The van der Waals surface area contributed by atoms with Crippen LogP contribution in [0.15, 0.2) is 24.3 Å². The van der Waals surface area contributed by atoms with Crippen LogP contribution in [0.1, 0.15) is 19.8 Å². The van der Waals surface area contributed by atoms with Gasteiger partial charge in [-0.05, 0) is 44.1 Å². The first-order valence-corrected chi connectivity index (χ1v) is 9.41. The molecule has 1 saturated heterocycles. The van der Waals surface area contributed by atoms with Gasteiger partial charge in [-0.2, -0.15) is 0 Å². The van der Waals surface area contributed by atoms with Gasteiger partial charge in [0.05, 0.1) is 16.3 Å². The van der Waals surface area contributed by atoms with E-state index in [4.69, 9.17) is 17.0 Å². The molecule has 2 atom stereocenters. The summed E-state index contributed by atoms with van der Waals surface area (Å²) in [6, 6.07) is 7.41. The van der Waals surface area contributed by atoms with Crippen molar-refractivity contribution in [2.24, 2.45) is 0 Å². The van der Waals surface area contributed by atoms with Gasteiger partial charge in [0.15, 0.2) is 10.2 Å². The van der Waals surface area contributed by atoms with Crippen molar-refractivity contribution in [1.82, 2.24) is 21.2 Å². The average Bonchev–Trinajstić information content (AvgIpc) is 3.26. The number of hydrazine groups is 1. The number of fused-ring (bicyclic) bond motifs is 1. The van der Waals surface area contributed by atoms with E-state index in [-0.39, 0.29) is 12.0 Å². The third-order valence-corrected chi connectivity index (χ3v) is 5.05. The fourth-order valence-corrected chi connectivity index (χ4v) is 3.55. The lowest BCUT2D eigenvalue weighted by molar-refractivity contribution is -0.122. The number of ether oxygens (including phenoxy) is 1. The molecule has 1 amide bonds.